The van der Waals surface area contributed by atoms with E-state index in [-0.39, 0.29) is 5.41 Å². The minimum atomic E-state index is 0.290. The minimum absolute atomic E-state index is 0.290. The molecular weight excluding hydrogens is 222 g/mol. The van der Waals surface area contributed by atoms with Gasteiger partial charge in [0.2, 0.25) is 0 Å². The average Bonchev–Trinajstić information content (AvgIpc) is 2.62. The van der Waals surface area contributed by atoms with Gasteiger partial charge in [-0.2, -0.15) is 5.10 Å². The standard InChI is InChI=1S/C15H29N3/c1-12(2)8-16-11-15(5,13(3)4)7-14-9-17-18(6)10-14/h9-10,12-13,16H,7-8,11H2,1-6H3. The molecular formula is C15H29N3. The Labute approximate surface area is 112 Å². The lowest BCUT2D eigenvalue weighted by Gasteiger charge is -2.34. The fourth-order valence-corrected chi connectivity index (χ4v) is 2.15. The predicted molar refractivity (Wildman–Crippen MR) is 77.6 cm³/mol. The van der Waals surface area contributed by atoms with Gasteiger partial charge in [-0.15, -0.1) is 0 Å². The zero-order valence-corrected chi connectivity index (χ0v) is 12.8. The molecule has 0 fully saturated rings. The summed E-state index contributed by atoms with van der Waals surface area (Å²) in [5.74, 6) is 1.36. The minimum Gasteiger partial charge on any atom is -0.316 e. The van der Waals surface area contributed by atoms with Crippen LogP contribution in [0.15, 0.2) is 12.4 Å². The Bertz CT molecular complexity index is 354. The maximum Gasteiger partial charge on any atom is 0.0521 e. The lowest BCUT2D eigenvalue weighted by molar-refractivity contribution is 0.205. The zero-order valence-electron chi connectivity index (χ0n) is 12.8. The SMILES string of the molecule is CC(C)CNCC(C)(Cc1cnn(C)c1)C(C)C. The molecule has 1 atom stereocenters. The molecule has 3 heteroatoms. The Morgan fingerprint density at radius 1 is 1.33 bits per heavy atom. The number of aryl methyl sites for hydroxylation is 1. The highest BCUT2D eigenvalue weighted by atomic mass is 15.2. The van der Waals surface area contributed by atoms with Crippen LogP contribution in [-0.2, 0) is 13.5 Å². The van der Waals surface area contributed by atoms with Gasteiger partial charge < -0.3 is 5.32 Å². The van der Waals surface area contributed by atoms with Gasteiger partial charge in [0.25, 0.3) is 0 Å². The van der Waals surface area contributed by atoms with Crippen molar-refractivity contribution in [3.63, 3.8) is 0 Å². The number of nitrogens with one attached hydrogen (secondary N) is 1. The molecule has 18 heavy (non-hydrogen) atoms. The Kier molecular flexibility index (Phi) is 5.39. The van der Waals surface area contributed by atoms with Crippen molar-refractivity contribution in [2.75, 3.05) is 13.1 Å². The van der Waals surface area contributed by atoms with E-state index in [1.54, 1.807) is 0 Å². The summed E-state index contributed by atoms with van der Waals surface area (Å²) in [6, 6.07) is 0. The molecule has 0 aliphatic carbocycles. The summed E-state index contributed by atoms with van der Waals surface area (Å²) in [7, 11) is 1.98. The molecule has 0 saturated carbocycles. The van der Waals surface area contributed by atoms with Crippen molar-refractivity contribution in [3.8, 4) is 0 Å². The highest BCUT2D eigenvalue weighted by molar-refractivity contribution is 5.08. The lowest BCUT2D eigenvalue weighted by atomic mass is 9.74. The van der Waals surface area contributed by atoms with E-state index in [9.17, 15) is 0 Å². The van der Waals surface area contributed by atoms with Gasteiger partial charge in [-0.25, -0.2) is 0 Å². The molecule has 104 valence electrons. The van der Waals surface area contributed by atoms with E-state index in [2.05, 4.69) is 51.2 Å². The van der Waals surface area contributed by atoms with Crippen molar-refractivity contribution in [3.05, 3.63) is 18.0 Å². The summed E-state index contributed by atoms with van der Waals surface area (Å²) in [5, 5.41) is 7.87. The molecule has 0 aliphatic rings. The van der Waals surface area contributed by atoms with Crippen LogP contribution in [0.3, 0.4) is 0 Å². The Morgan fingerprint density at radius 2 is 2.00 bits per heavy atom. The van der Waals surface area contributed by atoms with E-state index < -0.39 is 0 Å². The van der Waals surface area contributed by atoms with E-state index in [1.807, 2.05) is 17.9 Å². The first-order valence-corrected chi connectivity index (χ1v) is 7.02. The lowest BCUT2D eigenvalue weighted by Crippen LogP contribution is -2.39. The van der Waals surface area contributed by atoms with Crippen molar-refractivity contribution in [2.45, 2.75) is 41.0 Å². The van der Waals surface area contributed by atoms with Gasteiger partial charge in [0.15, 0.2) is 0 Å². The van der Waals surface area contributed by atoms with Gasteiger partial charge in [0, 0.05) is 19.8 Å². The number of nitrogens with zero attached hydrogens (tertiary/aromatic N) is 2. The van der Waals surface area contributed by atoms with E-state index >= 15 is 0 Å². The molecule has 1 rings (SSSR count). The van der Waals surface area contributed by atoms with Crippen molar-refractivity contribution in [2.24, 2.45) is 24.3 Å². The molecule has 0 saturated heterocycles. The molecule has 1 N–H and O–H groups in total. The van der Waals surface area contributed by atoms with E-state index in [4.69, 9.17) is 0 Å². The first-order valence-electron chi connectivity index (χ1n) is 7.02. The second kappa shape index (κ2) is 6.37. The van der Waals surface area contributed by atoms with E-state index in [0.29, 0.717) is 11.8 Å². The molecule has 0 radical (unpaired) electrons. The Hall–Kier alpha value is -0.830. The third-order valence-electron chi connectivity index (χ3n) is 3.84. The summed E-state index contributed by atoms with van der Waals surface area (Å²) in [6.45, 7) is 13.7. The van der Waals surface area contributed by atoms with Crippen LogP contribution in [0, 0.1) is 17.3 Å². The number of hydrogen-bond donors (Lipinski definition) is 1. The fourth-order valence-electron chi connectivity index (χ4n) is 2.15. The quantitative estimate of drug-likeness (QED) is 0.807. The van der Waals surface area contributed by atoms with Gasteiger partial charge in [-0.1, -0.05) is 34.6 Å². The van der Waals surface area contributed by atoms with E-state index in [1.165, 1.54) is 5.56 Å². The zero-order chi connectivity index (χ0) is 13.8. The Balaban J connectivity index is 2.62. The smallest absolute Gasteiger partial charge is 0.0521 e. The largest absolute Gasteiger partial charge is 0.316 e. The van der Waals surface area contributed by atoms with Gasteiger partial charge in [-0.05, 0) is 35.8 Å². The summed E-state index contributed by atoms with van der Waals surface area (Å²) in [5.41, 5.74) is 1.62. The van der Waals surface area contributed by atoms with Gasteiger partial charge >= 0.3 is 0 Å². The van der Waals surface area contributed by atoms with Crippen LogP contribution in [0.1, 0.15) is 40.2 Å². The third kappa shape index (κ3) is 4.45. The average molecular weight is 251 g/mol. The summed E-state index contributed by atoms with van der Waals surface area (Å²) >= 11 is 0. The molecule has 0 spiro atoms. The molecule has 3 nitrogen and oxygen atoms in total. The molecule has 1 aromatic heterocycles. The molecule has 0 aromatic carbocycles. The highest BCUT2D eigenvalue weighted by Gasteiger charge is 2.28. The highest BCUT2D eigenvalue weighted by Crippen LogP contribution is 2.30. The van der Waals surface area contributed by atoms with Crippen molar-refractivity contribution in [1.82, 2.24) is 15.1 Å². The first kappa shape index (κ1) is 15.2. The van der Waals surface area contributed by atoms with Gasteiger partial charge in [-0.3, -0.25) is 4.68 Å². The van der Waals surface area contributed by atoms with Crippen LogP contribution in [0.25, 0.3) is 0 Å². The topological polar surface area (TPSA) is 29.9 Å². The van der Waals surface area contributed by atoms with Gasteiger partial charge in [0.1, 0.15) is 0 Å². The molecule has 1 aromatic rings. The maximum absolute atomic E-state index is 4.26. The second-order valence-electron chi connectivity index (χ2n) is 6.53. The van der Waals surface area contributed by atoms with Crippen LogP contribution in [0.5, 0.6) is 0 Å². The maximum atomic E-state index is 4.26. The number of rotatable bonds is 7. The van der Waals surface area contributed by atoms with Crippen LogP contribution in [0.4, 0.5) is 0 Å². The summed E-state index contributed by atoms with van der Waals surface area (Å²) in [4.78, 5) is 0. The predicted octanol–water partition coefficient (Wildman–Crippen LogP) is 2.87. The van der Waals surface area contributed by atoms with Gasteiger partial charge in [0.05, 0.1) is 6.20 Å². The molecule has 0 bridgehead atoms. The van der Waals surface area contributed by atoms with Crippen LogP contribution >= 0.6 is 0 Å². The second-order valence-corrected chi connectivity index (χ2v) is 6.53. The van der Waals surface area contributed by atoms with Crippen LogP contribution in [-0.4, -0.2) is 22.9 Å². The molecule has 1 unspecified atom stereocenters. The third-order valence-corrected chi connectivity index (χ3v) is 3.84. The summed E-state index contributed by atoms with van der Waals surface area (Å²) < 4.78 is 1.89. The first-order chi connectivity index (χ1) is 8.33. The molecule has 1 heterocycles. The molecule has 0 aliphatic heterocycles. The monoisotopic (exact) mass is 251 g/mol. The van der Waals surface area contributed by atoms with Crippen molar-refractivity contribution in [1.29, 1.82) is 0 Å². The van der Waals surface area contributed by atoms with Crippen LogP contribution < -0.4 is 5.32 Å². The number of hydrogen-bond acceptors (Lipinski definition) is 2. The fraction of sp³-hybridized carbons (Fsp3) is 0.800. The van der Waals surface area contributed by atoms with Crippen LogP contribution in [0.2, 0.25) is 0 Å². The number of aromatic nitrogens is 2. The van der Waals surface area contributed by atoms with Crippen molar-refractivity contribution < 1.29 is 0 Å². The normalized spacial score (nSPS) is 15.3. The Morgan fingerprint density at radius 3 is 2.44 bits per heavy atom. The van der Waals surface area contributed by atoms with Crippen molar-refractivity contribution >= 4 is 0 Å². The summed E-state index contributed by atoms with van der Waals surface area (Å²) in [6.07, 6.45) is 5.20. The molecule has 0 amide bonds. The van der Waals surface area contributed by atoms with E-state index in [0.717, 1.165) is 19.5 Å².